The van der Waals surface area contributed by atoms with E-state index in [0.717, 1.165) is 11.4 Å². The zero-order valence-corrected chi connectivity index (χ0v) is 6.20. The van der Waals surface area contributed by atoms with Crippen molar-refractivity contribution in [2.75, 3.05) is 24.7 Å². The molecule has 0 unspecified atom stereocenters. The maximum absolute atomic E-state index is 5.64. The second-order valence-corrected chi connectivity index (χ2v) is 2.33. The quantitative estimate of drug-likeness (QED) is 0.620. The van der Waals surface area contributed by atoms with E-state index in [9.17, 15) is 0 Å². The molecule has 1 rings (SSSR count). The third kappa shape index (κ3) is 1.18. The zero-order chi connectivity index (χ0) is 7.56. The lowest BCUT2D eigenvalue weighted by atomic mass is 10.3. The summed E-state index contributed by atoms with van der Waals surface area (Å²) < 4.78 is 0. The van der Waals surface area contributed by atoms with Crippen molar-refractivity contribution in [1.29, 1.82) is 0 Å². The van der Waals surface area contributed by atoms with Crippen molar-refractivity contribution in [3.8, 4) is 0 Å². The molecule has 0 amide bonds. The summed E-state index contributed by atoms with van der Waals surface area (Å²) in [5, 5.41) is 0. The van der Waals surface area contributed by atoms with Crippen LogP contribution < -0.4 is 10.6 Å². The zero-order valence-electron chi connectivity index (χ0n) is 6.20. The van der Waals surface area contributed by atoms with Crippen molar-refractivity contribution in [2.45, 2.75) is 0 Å². The van der Waals surface area contributed by atoms with Crippen LogP contribution in [0.15, 0.2) is 18.5 Å². The Labute approximate surface area is 60.5 Å². The number of pyridine rings is 1. The van der Waals surface area contributed by atoms with Crippen molar-refractivity contribution in [1.82, 2.24) is 4.98 Å². The molecule has 1 aromatic heterocycles. The molecule has 0 spiro atoms. The predicted molar refractivity (Wildman–Crippen MR) is 43.0 cm³/mol. The van der Waals surface area contributed by atoms with Crippen molar-refractivity contribution in [2.24, 2.45) is 0 Å². The maximum Gasteiger partial charge on any atom is 0.0781 e. The maximum atomic E-state index is 5.64. The van der Waals surface area contributed by atoms with Crippen LogP contribution in [-0.4, -0.2) is 19.1 Å². The Morgan fingerprint density at radius 3 is 2.60 bits per heavy atom. The van der Waals surface area contributed by atoms with Crippen molar-refractivity contribution >= 4 is 11.4 Å². The van der Waals surface area contributed by atoms with Crippen LogP contribution in [0.2, 0.25) is 0 Å². The van der Waals surface area contributed by atoms with E-state index >= 15 is 0 Å². The molecule has 3 nitrogen and oxygen atoms in total. The van der Waals surface area contributed by atoms with E-state index in [0.29, 0.717) is 0 Å². The minimum absolute atomic E-state index is 0.764. The van der Waals surface area contributed by atoms with E-state index in [1.807, 2.05) is 19.0 Å². The number of hydrogen-bond acceptors (Lipinski definition) is 3. The number of aromatic nitrogens is 1. The van der Waals surface area contributed by atoms with Gasteiger partial charge in [-0.15, -0.1) is 0 Å². The molecule has 3 heteroatoms. The van der Waals surface area contributed by atoms with E-state index in [2.05, 4.69) is 4.98 Å². The van der Waals surface area contributed by atoms with Crippen LogP contribution in [0.3, 0.4) is 0 Å². The lowest BCUT2D eigenvalue weighted by Gasteiger charge is -2.13. The minimum Gasteiger partial charge on any atom is -0.397 e. The highest BCUT2D eigenvalue weighted by molar-refractivity contribution is 5.64. The first-order chi connectivity index (χ1) is 4.72. The number of nitrogens with zero attached hydrogens (tertiary/aromatic N) is 2. The van der Waals surface area contributed by atoms with Crippen LogP contribution >= 0.6 is 0 Å². The summed E-state index contributed by atoms with van der Waals surface area (Å²) in [7, 11) is 3.88. The molecule has 0 aliphatic carbocycles. The van der Waals surface area contributed by atoms with Crippen LogP contribution in [0.25, 0.3) is 0 Å². The highest BCUT2D eigenvalue weighted by Gasteiger charge is 1.97. The molecular formula is C7H11N3. The predicted octanol–water partition coefficient (Wildman–Crippen LogP) is 0.730. The molecular weight excluding hydrogens is 126 g/mol. The number of nitrogens with two attached hydrogens (primary N) is 1. The van der Waals surface area contributed by atoms with Gasteiger partial charge in [0, 0.05) is 20.3 Å². The van der Waals surface area contributed by atoms with E-state index in [1.54, 1.807) is 18.5 Å². The molecule has 0 fully saturated rings. The van der Waals surface area contributed by atoms with Gasteiger partial charge in [0.05, 0.1) is 17.6 Å². The fourth-order valence-electron chi connectivity index (χ4n) is 0.771. The summed E-state index contributed by atoms with van der Waals surface area (Å²) in [5.41, 5.74) is 7.36. The SMILES string of the molecule is CN(C)c1cnccc1N. The molecule has 1 heterocycles. The van der Waals surface area contributed by atoms with Crippen LogP contribution in [0.5, 0.6) is 0 Å². The second kappa shape index (κ2) is 2.56. The van der Waals surface area contributed by atoms with Crippen molar-refractivity contribution in [3.05, 3.63) is 18.5 Å². The number of rotatable bonds is 1. The summed E-state index contributed by atoms with van der Waals surface area (Å²) in [4.78, 5) is 5.88. The van der Waals surface area contributed by atoms with Crippen molar-refractivity contribution in [3.63, 3.8) is 0 Å². The summed E-state index contributed by atoms with van der Waals surface area (Å²) in [5.74, 6) is 0. The average Bonchev–Trinajstić information content (AvgIpc) is 1.88. The van der Waals surface area contributed by atoms with E-state index in [1.165, 1.54) is 0 Å². The number of anilines is 2. The largest absolute Gasteiger partial charge is 0.397 e. The summed E-state index contributed by atoms with van der Waals surface area (Å²) in [6.45, 7) is 0. The molecule has 10 heavy (non-hydrogen) atoms. The molecule has 0 aliphatic heterocycles. The standard InChI is InChI=1S/C7H11N3/c1-10(2)7-5-9-4-3-6(7)8/h3-5H,1-2H3,(H2,8,9). The van der Waals surface area contributed by atoms with Gasteiger partial charge >= 0.3 is 0 Å². The number of nitrogen functional groups attached to an aromatic ring is 1. The molecule has 0 atom stereocenters. The first-order valence-electron chi connectivity index (χ1n) is 3.08. The van der Waals surface area contributed by atoms with E-state index < -0.39 is 0 Å². The topological polar surface area (TPSA) is 42.2 Å². The highest BCUT2D eigenvalue weighted by atomic mass is 15.1. The molecule has 54 valence electrons. The minimum atomic E-state index is 0.764. The van der Waals surface area contributed by atoms with Crippen LogP contribution in [0.4, 0.5) is 11.4 Å². The smallest absolute Gasteiger partial charge is 0.0781 e. The van der Waals surface area contributed by atoms with Gasteiger partial charge in [0.15, 0.2) is 0 Å². The normalized spacial score (nSPS) is 9.40. The van der Waals surface area contributed by atoms with Gasteiger partial charge in [0.1, 0.15) is 0 Å². The third-order valence-electron chi connectivity index (χ3n) is 1.31. The molecule has 0 aromatic carbocycles. The lowest BCUT2D eigenvalue weighted by Crippen LogP contribution is -2.11. The average molecular weight is 137 g/mol. The van der Waals surface area contributed by atoms with E-state index in [-0.39, 0.29) is 0 Å². The Morgan fingerprint density at radius 2 is 2.20 bits per heavy atom. The number of hydrogen-bond donors (Lipinski definition) is 1. The molecule has 0 aliphatic rings. The van der Waals surface area contributed by atoms with Crippen molar-refractivity contribution < 1.29 is 0 Å². The van der Waals surface area contributed by atoms with Gasteiger partial charge in [-0.05, 0) is 6.07 Å². The van der Waals surface area contributed by atoms with Gasteiger partial charge in [0.25, 0.3) is 0 Å². The Morgan fingerprint density at radius 1 is 1.50 bits per heavy atom. The van der Waals surface area contributed by atoms with Gasteiger partial charge in [0.2, 0.25) is 0 Å². The Hall–Kier alpha value is -1.25. The molecule has 1 aromatic rings. The van der Waals surface area contributed by atoms with E-state index in [4.69, 9.17) is 5.73 Å². The van der Waals surface area contributed by atoms with Crippen LogP contribution in [0.1, 0.15) is 0 Å². The molecule has 0 saturated heterocycles. The van der Waals surface area contributed by atoms with Gasteiger partial charge in [-0.3, -0.25) is 4.98 Å². The molecule has 0 saturated carbocycles. The molecule has 0 bridgehead atoms. The fourth-order valence-corrected chi connectivity index (χ4v) is 0.771. The summed E-state index contributed by atoms with van der Waals surface area (Å²) in [6, 6.07) is 1.79. The molecule has 0 radical (unpaired) electrons. The van der Waals surface area contributed by atoms with Gasteiger partial charge in [-0.25, -0.2) is 0 Å². The Kier molecular flexibility index (Phi) is 1.76. The first-order valence-corrected chi connectivity index (χ1v) is 3.08. The van der Waals surface area contributed by atoms with Crippen LogP contribution in [-0.2, 0) is 0 Å². The highest BCUT2D eigenvalue weighted by Crippen LogP contribution is 2.17. The van der Waals surface area contributed by atoms with Crippen LogP contribution in [0, 0.1) is 0 Å². The van der Waals surface area contributed by atoms with Gasteiger partial charge in [-0.2, -0.15) is 0 Å². The van der Waals surface area contributed by atoms with Gasteiger partial charge in [-0.1, -0.05) is 0 Å². The second-order valence-electron chi connectivity index (χ2n) is 2.33. The summed E-state index contributed by atoms with van der Waals surface area (Å²) >= 11 is 0. The Balaban J connectivity index is 3.03. The third-order valence-corrected chi connectivity index (χ3v) is 1.31. The lowest BCUT2D eigenvalue weighted by molar-refractivity contribution is 1.11. The Bertz CT molecular complexity index is 220. The first kappa shape index (κ1) is 6.86. The fraction of sp³-hybridized carbons (Fsp3) is 0.286. The monoisotopic (exact) mass is 137 g/mol. The van der Waals surface area contributed by atoms with Gasteiger partial charge < -0.3 is 10.6 Å². The summed E-state index contributed by atoms with van der Waals surface area (Å²) in [6.07, 6.45) is 3.43. The molecule has 2 N–H and O–H groups in total.